The van der Waals surface area contributed by atoms with Crippen molar-refractivity contribution in [2.75, 3.05) is 0 Å². The summed E-state index contributed by atoms with van der Waals surface area (Å²) in [4.78, 5) is 14.1. The minimum absolute atomic E-state index is 0.250. The van der Waals surface area contributed by atoms with Gasteiger partial charge in [0.25, 0.3) is 0 Å². The Morgan fingerprint density at radius 2 is 2.17 bits per heavy atom. The Hall–Kier alpha value is -2.08. The fourth-order valence-electron chi connectivity index (χ4n) is 2.85. The fourth-order valence-corrected chi connectivity index (χ4v) is 2.85. The maximum atomic E-state index is 11.1. The molecule has 1 aliphatic rings. The second kappa shape index (κ2) is 7.46. The first-order valence-corrected chi connectivity index (χ1v) is 7.49. The lowest BCUT2D eigenvalue weighted by Crippen LogP contribution is -2.55. The minimum atomic E-state index is -0.860. The third-order valence-corrected chi connectivity index (χ3v) is 3.83. The molecule has 0 aromatic heterocycles. The molecule has 1 aliphatic heterocycles. The van der Waals surface area contributed by atoms with Crippen LogP contribution < -0.4 is 0 Å². The zero-order chi connectivity index (χ0) is 16.9. The highest BCUT2D eigenvalue weighted by Gasteiger charge is 2.47. The second-order valence-corrected chi connectivity index (χ2v) is 5.85. The number of benzene rings is 1. The number of nitrogens with zero attached hydrogens (tertiary/aromatic N) is 3. The molecule has 2 rings (SSSR count). The number of hydrogen-bond acceptors (Lipinski definition) is 5. The van der Waals surface area contributed by atoms with Crippen LogP contribution in [0, 0.1) is 0 Å². The van der Waals surface area contributed by atoms with Crippen molar-refractivity contribution in [3.8, 4) is 0 Å². The summed E-state index contributed by atoms with van der Waals surface area (Å²) in [7, 11) is 0. The summed E-state index contributed by atoms with van der Waals surface area (Å²) in [5.74, 6) is -0.436. The number of carbonyl (C=O) groups is 1. The van der Waals surface area contributed by atoms with E-state index in [2.05, 4.69) is 10.0 Å². The molecule has 0 amide bonds. The van der Waals surface area contributed by atoms with E-state index in [4.69, 9.17) is 19.7 Å². The highest BCUT2D eigenvalue weighted by atomic mass is 16.7. The summed E-state index contributed by atoms with van der Waals surface area (Å²) in [6.07, 6.45) is -1.31. The Morgan fingerprint density at radius 3 is 2.78 bits per heavy atom. The predicted octanol–water partition coefficient (Wildman–Crippen LogP) is 3.34. The van der Waals surface area contributed by atoms with E-state index in [1.165, 1.54) is 6.92 Å². The van der Waals surface area contributed by atoms with Crippen molar-refractivity contribution >= 4 is 5.97 Å². The van der Waals surface area contributed by atoms with Gasteiger partial charge in [0.05, 0.1) is 24.4 Å². The van der Waals surface area contributed by atoms with Crippen LogP contribution >= 0.6 is 0 Å². The summed E-state index contributed by atoms with van der Waals surface area (Å²) < 4.78 is 16.8. The van der Waals surface area contributed by atoms with Gasteiger partial charge in [0.2, 0.25) is 6.29 Å². The summed E-state index contributed by atoms with van der Waals surface area (Å²) in [6, 6.07) is 9.72. The van der Waals surface area contributed by atoms with Crippen LogP contribution in [0.25, 0.3) is 10.4 Å². The van der Waals surface area contributed by atoms with Gasteiger partial charge in [-0.2, -0.15) is 0 Å². The zero-order valence-electron chi connectivity index (χ0n) is 13.5. The zero-order valence-corrected chi connectivity index (χ0v) is 13.5. The van der Waals surface area contributed by atoms with Crippen molar-refractivity contribution in [2.45, 2.75) is 57.8 Å². The summed E-state index contributed by atoms with van der Waals surface area (Å²) in [6.45, 7) is 5.30. The lowest BCUT2D eigenvalue weighted by Gasteiger charge is -2.44. The van der Waals surface area contributed by atoms with Crippen LogP contribution in [0.2, 0.25) is 0 Å². The van der Waals surface area contributed by atoms with Crippen molar-refractivity contribution in [1.29, 1.82) is 0 Å². The first kappa shape index (κ1) is 17.3. The molecule has 0 N–H and O–H groups in total. The van der Waals surface area contributed by atoms with Crippen LogP contribution in [0.5, 0.6) is 0 Å². The SMILES string of the molecule is CC(=O)OC1C[C@](C)(N=[N+]=[N-])[C@H](OCc2ccccc2)[C@H](C)O1. The topological polar surface area (TPSA) is 93.5 Å². The molecule has 4 atom stereocenters. The molecule has 0 radical (unpaired) electrons. The van der Waals surface area contributed by atoms with Crippen molar-refractivity contribution in [2.24, 2.45) is 5.11 Å². The highest BCUT2D eigenvalue weighted by molar-refractivity contribution is 5.66. The number of rotatable bonds is 5. The van der Waals surface area contributed by atoms with Crippen molar-refractivity contribution in [3.05, 3.63) is 46.3 Å². The standard InChI is InChI=1S/C16H21N3O4/c1-11-15(21-10-13-7-5-4-6-8-13)16(3,18-19-17)9-14(22-11)23-12(2)20/h4-8,11,14-15H,9-10H2,1-3H3/t11-,14?,15+,16-/m0/s1. The summed E-state index contributed by atoms with van der Waals surface area (Å²) in [5.41, 5.74) is 9.05. The number of carbonyl (C=O) groups excluding carboxylic acids is 1. The average molecular weight is 319 g/mol. The van der Waals surface area contributed by atoms with Crippen LogP contribution in [0.1, 0.15) is 32.8 Å². The van der Waals surface area contributed by atoms with Gasteiger partial charge in [0.1, 0.15) is 0 Å². The van der Waals surface area contributed by atoms with E-state index in [9.17, 15) is 4.79 Å². The van der Waals surface area contributed by atoms with Crippen molar-refractivity contribution < 1.29 is 19.0 Å². The molecule has 1 unspecified atom stereocenters. The lowest BCUT2D eigenvalue weighted by molar-refractivity contribution is -0.241. The quantitative estimate of drug-likeness (QED) is 0.360. The van der Waals surface area contributed by atoms with Crippen LogP contribution in [0.4, 0.5) is 0 Å². The first-order chi connectivity index (χ1) is 10.9. The lowest BCUT2D eigenvalue weighted by atomic mass is 9.86. The molecule has 0 spiro atoms. The highest BCUT2D eigenvalue weighted by Crippen LogP contribution is 2.35. The molecule has 0 bridgehead atoms. The van der Waals surface area contributed by atoms with E-state index >= 15 is 0 Å². The van der Waals surface area contributed by atoms with E-state index < -0.39 is 23.9 Å². The molecule has 1 aromatic carbocycles. The summed E-state index contributed by atoms with van der Waals surface area (Å²) in [5, 5.41) is 3.90. The summed E-state index contributed by atoms with van der Waals surface area (Å²) >= 11 is 0. The number of esters is 1. The molecule has 1 aromatic rings. The molecule has 124 valence electrons. The molecular formula is C16H21N3O4. The van der Waals surface area contributed by atoms with Gasteiger partial charge in [-0.25, -0.2) is 0 Å². The normalized spacial score (nSPS) is 30.3. The maximum Gasteiger partial charge on any atom is 0.304 e. The van der Waals surface area contributed by atoms with E-state index in [1.54, 1.807) is 6.92 Å². The van der Waals surface area contributed by atoms with Gasteiger partial charge < -0.3 is 14.2 Å². The maximum absolute atomic E-state index is 11.1. The minimum Gasteiger partial charge on any atom is -0.436 e. The van der Waals surface area contributed by atoms with E-state index in [-0.39, 0.29) is 12.5 Å². The van der Waals surface area contributed by atoms with Crippen molar-refractivity contribution in [1.82, 2.24) is 0 Å². The second-order valence-electron chi connectivity index (χ2n) is 5.85. The van der Waals surface area contributed by atoms with Crippen LogP contribution in [-0.2, 0) is 25.6 Å². The monoisotopic (exact) mass is 319 g/mol. The molecule has 1 fully saturated rings. The largest absolute Gasteiger partial charge is 0.436 e. The Labute approximate surface area is 135 Å². The smallest absolute Gasteiger partial charge is 0.304 e. The average Bonchev–Trinajstić information content (AvgIpc) is 2.46. The Morgan fingerprint density at radius 1 is 1.48 bits per heavy atom. The van der Waals surface area contributed by atoms with Crippen LogP contribution in [0.15, 0.2) is 35.4 Å². The Bertz CT molecular complexity index is 588. The van der Waals surface area contributed by atoms with E-state index in [0.717, 1.165) is 5.56 Å². The van der Waals surface area contributed by atoms with E-state index in [0.29, 0.717) is 6.61 Å². The molecule has 0 saturated carbocycles. The van der Waals surface area contributed by atoms with E-state index in [1.807, 2.05) is 37.3 Å². The molecule has 1 saturated heterocycles. The molecule has 0 aliphatic carbocycles. The van der Waals surface area contributed by atoms with Crippen molar-refractivity contribution in [3.63, 3.8) is 0 Å². The Balaban J connectivity index is 2.12. The molecule has 7 heteroatoms. The third kappa shape index (κ3) is 4.45. The molecule has 7 nitrogen and oxygen atoms in total. The number of ether oxygens (including phenoxy) is 3. The van der Waals surface area contributed by atoms with Gasteiger partial charge in [-0.3, -0.25) is 4.79 Å². The van der Waals surface area contributed by atoms with Gasteiger partial charge in [-0.1, -0.05) is 42.4 Å². The number of hydrogen-bond donors (Lipinski definition) is 0. The fraction of sp³-hybridized carbons (Fsp3) is 0.562. The molecule has 1 heterocycles. The van der Waals surface area contributed by atoms with Gasteiger partial charge in [-0.15, -0.1) is 0 Å². The first-order valence-electron chi connectivity index (χ1n) is 7.49. The van der Waals surface area contributed by atoms with Crippen LogP contribution in [-0.4, -0.2) is 30.0 Å². The molecular weight excluding hydrogens is 298 g/mol. The third-order valence-electron chi connectivity index (χ3n) is 3.83. The number of azide groups is 1. The Kier molecular flexibility index (Phi) is 5.60. The molecule has 23 heavy (non-hydrogen) atoms. The van der Waals surface area contributed by atoms with Gasteiger partial charge in [-0.05, 0) is 18.0 Å². The van der Waals surface area contributed by atoms with Gasteiger partial charge >= 0.3 is 5.97 Å². The van der Waals surface area contributed by atoms with Gasteiger partial charge in [0.15, 0.2) is 0 Å². The predicted molar refractivity (Wildman–Crippen MR) is 83.3 cm³/mol. The van der Waals surface area contributed by atoms with Gasteiger partial charge in [0, 0.05) is 18.3 Å². The van der Waals surface area contributed by atoms with Crippen LogP contribution in [0.3, 0.4) is 0 Å².